The van der Waals surface area contributed by atoms with Crippen molar-refractivity contribution in [1.82, 2.24) is 4.90 Å². The van der Waals surface area contributed by atoms with Gasteiger partial charge in [0.05, 0.1) is 6.54 Å². The molecule has 1 fully saturated rings. The van der Waals surface area contributed by atoms with Gasteiger partial charge in [-0.05, 0) is 40.8 Å². The van der Waals surface area contributed by atoms with E-state index in [9.17, 15) is 4.79 Å². The molecule has 1 aliphatic heterocycles. The smallest absolute Gasteiger partial charge is 0.238 e. The summed E-state index contributed by atoms with van der Waals surface area (Å²) in [6.07, 6.45) is 0. The number of aliphatic hydroxyl groups excluding tert-OH is 1. The summed E-state index contributed by atoms with van der Waals surface area (Å²) in [5.74, 6) is 0.351. The third kappa shape index (κ3) is 3.65. The average Bonchev–Trinajstić information content (AvgIpc) is 2.22. The summed E-state index contributed by atoms with van der Waals surface area (Å²) in [5.41, 5.74) is 0.834. The van der Waals surface area contributed by atoms with Crippen LogP contribution in [0, 0.1) is 9.49 Å². The van der Waals surface area contributed by atoms with Crippen molar-refractivity contribution in [2.24, 2.45) is 5.92 Å². The van der Waals surface area contributed by atoms with Crippen LogP contribution in [0.4, 0.5) is 5.69 Å². The molecule has 0 radical (unpaired) electrons. The summed E-state index contributed by atoms with van der Waals surface area (Å²) in [4.78, 5) is 13.7. The van der Waals surface area contributed by atoms with E-state index in [1.165, 1.54) is 0 Å². The number of nitrogens with zero attached hydrogens (tertiary/aromatic N) is 1. The number of carbonyl (C=O) groups is 1. The summed E-state index contributed by atoms with van der Waals surface area (Å²) in [6, 6.07) is 7.72. The van der Waals surface area contributed by atoms with E-state index in [1.807, 2.05) is 29.2 Å². The fraction of sp³-hybridized carbons (Fsp3) is 0.417. The zero-order valence-corrected chi connectivity index (χ0v) is 11.6. The third-order valence-corrected chi connectivity index (χ3v) is 3.44. The van der Waals surface area contributed by atoms with Gasteiger partial charge in [0.1, 0.15) is 0 Å². The van der Waals surface area contributed by atoms with E-state index in [1.54, 1.807) is 0 Å². The molecule has 1 aromatic rings. The van der Waals surface area contributed by atoms with E-state index < -0.39 is 0 Å². The molecule has 1 amide bonds. The fourth-order valence-electron chi connectivity index (χ4n) is 1.89. The largest absolute Gasteiger partial charge is 0.396 e. The van der Waals surface area contributed by atoms with Gasteiger partial charge in [-0.15, -0.1) is 0 Å². The van der Waals surface area contributed by atoms with Crippen molar-refractivity contribution < 1.29 is 9.90 Å². The molecular formula is C12H15IN2O2. The number of anilines is 1. The number of carbonyl (C=O) groups excluding carboxylic acids is 1. The Bertz CT molecular complexity index is 405. The number of hydrogen-bond acceptors (Lipinski definition) is 3. The topological polar surface area (TPSA) is 52.6 Å². The van der Waals surface area contributed by atoms with Gasteiger partial charge in [-0.25, -0.2) is 0 Å². The Kier molecular flexibility index (Phi) is 4.36. The van der Waals surface area contributed by atoms with Crippen LogP contribution in [0.15, 0.2) is 24.3 Å². The van der Waals surface area contributed by atoms with E-state index in [0.717, 1.165) is 22.3 Å². The number of aliphatic hydroxyl groups is 1. The zero-order chi connectivity index (χ0) is 12.3. The first-order chi connectivity index (χ1) is 8.17. The number of nitrogens with one attached hydrogen (secondary N) is 1. The minimum absolute atomic E-state index is 0.00314. The Morgan fingerprint density at radius 2 is 2.29 bits per heavy atom. The number of halogens is 1. The normalized spacial score (nSPS) is 16.6. The van der Waals surface area contributed by atoms with Gasteiger partial charge in [-0.3, -0.25) is 9.69 Å². The molecule has 0 aromatic heterocycles. The summed E-state index contributed by atoms with van der Waals surface area (Å²) in [6.45, 7) is 2.25. The van der Waals surface area contributed by atoms with Crippen LogP contribution in [0.25, 0.3) is 0 Å². The highest BCUT2D eigenvalue weighted by Crippen LogP contribution is 2.15. The lowest BCUT2D eigenvalue weighted by Gasteiger charge is -2.37. The Labute approximate surface area is 114 Å². The molecule has 0 aliphatic carbocycles. The summed E-state index contributed by atoms with van der Waals surface area (Å²) >= 11 is 2.21. The first kappa shape index (κ1) is 12.8. The van der Waals surface area contributed by atoms with Crippen LogP contribution < -0.4 is 5.32 Å². The van der Waals surface area contributed by atoms with Crippen molar-refractivity contribution in [2.45, 2.75) is 0 Å². The highest BCUT2D eigenvalue weighted by molar-refractivity contribution is 14.1. The number of benzene rings is 1. The lowest BCUT2D eigenvalue weighted by Crippen LogP contribution is -2.51. The molecule has 0 bridgehead atoms. The highest BCUT2D eigenvalue weighted by Gasteiger charge is 2.27. The van der Waals surface area contributed by atoms with E-state index >= 15 is 0 Å². The Balaban J connectivity index is 1.78. The van der Waals surface area contributed by atoms with Crippen molar-refractivity contribution in [2.75, 3.05) is 31.6 Å². The molecule has 1 aliphatic rings. The number of rotatable bonds is 4. The van der Waals surface area contributed by atoms with Gasteiger partial charge in [0.2, 0.25) is 5.91 Å². The second-order valence-electron chi connectivity index (χ2n) is 4.30. The molecule has 2 N–H and O–H groups in total. The fourth-order valence-corrected chi connectivity index (χ4v) is 2.43. The lowest BCUT2D eigenvalue weighted by atomic mass is 10.0. The molecule has 1 heterocycles. The number of amides is 1. The maximum absolute atomic E-state index is 11.7. The van der Waals surface area contributed by atoms with Gasteiger partial charge in [0.15, 0.2) is 0 Å². The van der Waals surface area contributed by atoms with Gasteiger partial charge < -0.3 is 10.4 Å². The zero-order valence-electron chi connectivity index (χ0n) is 9.40. The van der Waals surface area contributed by atoms with Crippen molar-refractivity contribution in [3.63, 3.8) is 0 Å². The minimum atomic E-state index is 0.00314. The van der Waals surface area contributed by atoms with Gasteiger partial charge in [0.25, 0.3) is 0 Å². The first-order valence-electron chi connectivity index (χ1n) is 5.56. The standard InChI is InChI=1S/C12H15IN2O2/c13-10-2-1-3-11(4-10)14-12(17)7-15-5-9(6-15)8-16/h1-4,9,16H,5-8H2,(H,14,17). The predicted molar refractivity (Wildman–Crippen MR) is 74.8 cm³/mol. The maximum atomic E-state index is 11.7. The SMILES string of the molecule is O=C(CN1CC(CO)C1)Nc1cccc(I)c1. The van der Waals surface area contributed by atoms with Crippen molar-refractivity contribution in [1.29, 1.82) is 0 Å². The van der Waals surface area contributed by atoms with Crippen LogP contribution in [0.1, 0.15) is 0 Å². The number of likely N-dealkylation sites (tertiary alicyclic amines) is 1. The molecule has 17 heavy (non-hydrogen) atoms. The maximum Gasteiger partial charge on any atom is 0.238 e. The average molecular weight is 346 g/mol. The van der Waals surface area contributed by atoms with Crippen LogP contribution in [0.2, 0.25) is 0 Å². The van der Waals surface area contributed by atoms with Crippen molar-refractivity contribution in [3.8, 4) is 0 Å². The molecule has 0 unspecified atom stereocenters. The molecule has 1 saturated heterocycles. The van der Waals surface area contributed by atoms with Crippen LogP contribution in [-0.4, -0.2) is 42.2 Å². The second-order valence-corrected chi connectivity index (χ2v) is 5.55. The second kappa shape index (κ2) is 5.79. The minimum Gasteiger partial charge on any atom is -0.396 e. The molecule has 0 atom stereocenters. The van der Waals surface area contributed by atoms with Crippen LogP contribution in [-0.2, 0) is 4.79 Å². The molecule has 1 aromatic carbocycles. The van der Waals surface area contributed by atoms with E-state index in [2.05, 4.69) is 27.9 Å². The molecule has 92 valence electrons. The van der Waals surface area contributed by atoms with Gasteiger partial charge in [0, 0.05) is 34.9 Å². The molecule has 5 heteroatoms. The Morgan fingerprint density at radius 3 is 2.94 bits per heavy atom. The van der Waals surface area contributed by atoms with E-state index in [0.29, 0.717) is 12.5 Å². The van der Waals surface area contributed by atoms with Crippen LogP contribution in [0.5, 0.6) is 0 Å². The highest BCUT2D eigenvalue weighted by atomic mass is 127. The molecule has 0 spiro atoms. The van der Waals surface area contributed by atoms with Crippen LogP contribution in [0.3, 0.4) is 0 Å². The van der Waals surface area contributed by atoms with Crippen molar-refractivity contribution >= 4 is 34.2 Å². The van der Waals surface area contributed by atoms with Crippen molar-refractivity contribution in [3.05, 3.63) is 27.8 Å². The molecular weight excluding hydrogens is 331 g/mol. The van der Waals surface area contributed by atoms with Gasteiger partial charge >= 0.3 is 0 Å². The summed E-state index contributed by atoms with van der Waals surface area (Å²) in [5, 5.41) is 11.7. The van der Waals surface area contributed by atoms with E-state index in [-0.39, 0.29) is 12.5 Å². The number of hydrogen-bond donors (Lipinski definition) is 2. The molecule has 0 saturated carbocycles. The summed E-state index contributed by atoms with van der Waals surface area (Å²) in [7, 11) is 0. The van der Waals surface area contributed by atoms with Gasteiger partial charge in [-0.2, -0.15) is 0 Å². The first-order valence-corrected chi connectivity index (χ1v) is 6.64. The molecule has 2 rings (SSSR count). The third-order valence-electron chi connectivity index (χ3n) is 2.77. The lowest BCUT2D eigenvalue weighted by molar-refractivity contribution is -0.119. The van der Waals surface area contributed by atoms with Crippen LogP contribution >= 0.6 is 22.6 Å². The Hall–Kier alpha value is -0.660. The quantitative estimate of drug-likeness (QED) is 0.805. The predicted octanol–water partition coefficient (Wildman–Crippen LogP) is 1.15. The molecule has 4 nitrogen and oxygen atoms in total. The monoisotopic (exact) mass is 346 g/mol. The van der Waals surface area contributed by atoms with Gasteiger partial charge in [-0.1, -0.05) is 6.07 Å². The Morgan fingerprint density at radius 1 is 1.53 bits per heavy atom. The van der Waals surface area contributed by atoms with E-state index in [4.69, 9.17) is 5.11 Å². The summed E-state index contributed by atoms with van der Waals surface area (Å²) < 4.78 is 1.10.